The third kappa shape index (κ3) is 2.97. The molecule has 0 aliphatic rings. The summed E-state index contributed by atoms with van der Waals surface area (Å²) in [6, 6.07) is 5.04. The van der Waals surface area contributed by atoms with Gasteiger partial charge in [0, 0.05) is 22.2 Å². The van der Waals surface area contributed by atoms with Gasteiger partial charge in [0.1, 0.15) is 0 Å². The van der Waals surface area contributed by atoms with Crippen LogP contribution in [0.1, 0.15) is 25.8 Å². The van der Waals surface area contributed by atoms with E-state index in [1.807, 2.05) is 0 Å². The van der Waals surface area contributed by atoms with Crippen molar-refractivity contribution in [2.24, 2.45) is 0 Å². The van der Waals surface area contributed by atoms with Crippen molar-refractivity contribution in [2.45, 2.75) is 25.7 Å². The zero-order valence-corrected chi connectivity index (χ0v) is 11.9. The van der Waals surface area contributed by atoms with Gasteiger partial charge in [-0.25, -0.2) is 0 Å². The molecule has 0 saturated carbocycles. The lowest BCUT2D eigenvalue weighted by atomic mass is 9.79. The summed E-state index contributed by atoms with van der Waals surface area (Å²) in [4.78, 5) is 12.1. The molecule has 0 spiro atoms. The van der Waals surface area contributed by atoms with E-state index in [9.17, 15) is 4.79 Å². The number of aliphatic hydroxyl groups is 1. The fraction of sp³-hybridized carbons (Fsp3) is 0.462. The number of halogens is 2. The van der Waals surface area contributed by atoms with Gasteiger partial charge < -0.3 is 9.84 Å². The zero-order chi connectivity index (χ0) is 13.8. The van der Waals surface area contributed by atoms with Crippen molar-refractivity contribution in [1.82, 2.24) is 0 Å². The number of benzene rings is 1. The highest BCUT2D eigenvalue weighted by Crippen LogP contribution is 2.38. The highest BCUT2D eigenvalue weighted by atomic mass is 35.5. The van der Waals surface area contributed by atoms with Gasteiger partial charge in [0.2, 0.25) is 0 Å². The Morgan fingerprint density at radius 1 is 1.39 bits per heavy atom. The highest BCUT2D eigenvalue weighted by molar-refractivity contribution is 6.36. The van der Waals surface area contributed by atoms with Crippen molar-refractivity contribution in [3.8, 4) is 0 Å². The minimum Gasteiger partial charge on any atom is -0.465 e. The lowest BCUT2D eigenvalue weighted by molar-refractivity contribution is -0.150. The van der Waals surface area contributed by atoms with Crippen molar-refractivity contribution in [3.63, 3.8) is 0 Å². The van der Waals surface area contributed by atoms with Crippen molar-refractivity contribution in [3.05, 3.63) is 33.8 Å². The Labute approximate surface area is 117 Å². The molecule has 1 atom stereocenters. The van der Waals surface area contributed by atoms with E-state index in [1.165, 1.54) is 0 Å². The van der Waals surface area contributed by atoms with Crippen LogP contribution in [0.25, 0.3) is 0 Å². The molecule has 0 aliphatic carbocycles. The number of ether oxygens (including phenoxy) is 1. The lowest BCUT2D eigenvalue weighted by Gasteiger charge is -2.28. The van der Waals surface area contributed by atoms with Crippen LogP contribution in [-0.4, -0.2) is 24.3 Å². The fourth-order valence-corrected chi connectivity index (χ4v) is 2.68. The molecule has 1 rings (SSSR count). The molecule has 100 valence electrons. The van der Waals surface area contributed by atoms with Crippen LogP contribution in [-0.2, 0) is 14.9 Å². The summed E-state index contributed by atoms with van der Waals surface area (Å²) in [5, 5.41) is 9.96. The molecule has 0 amide bonds. The fourth-order valence-electron chi connectivity index (χ4n) is 1.87. The first kappa shape index (κ1) is 15.3. The second-order valence-corrected chi connectivity index (χ2v) is 4.94. The highest BCUT2D eigenvalue weighted by Gasteiger charge is 2.39. The summed E-state index contributed by atoms with van der Waals surface area (Å²) in [6.07, 6.45) is 0.204. The van der Waals surface area contributed by atoms with E-state index in [1.54, 1.807) is 32.0 Å². The molecular weight excluding hydrogens is 275 g/mol. The van der Waals surface area contributed by atoms with E-state index in [0.29, 0.717) is 15.6 Å². The maximum atomic E-state index is 12.1. The zero-order valence-electron chi connectivity index (χ0n) is 10.4. The van der Waals surface area contributed by atoms with E-state index in [-0.39, 0.29) is 19.6 Å². The molecule has 0 aromatic heterocycles. The monoisotopic (exact) mass is 290 g/mol. The molecule has 1 aromatic rings. The Morgan fingerprint density at radius 3 is 2.39 bits per heavy atom. The van der Waals surface area contributed by atoms with Crippen LogP contribution in [0.3, 0.4) is 0 Å². The Hall–Kier alpha value is -0.770. The predicted molar refractivity (Wildman–Crippen MR) is 72.1 cm³/mol. The average molecular weight is 291 g/mol. The van der Waals surface area contributed by atoms with Gasteiger partial charge in [0.15, 0.2) is 0 Å². The summed E-state index contributed by atoms with van der Waals surface area (Å²) < 4.78 is 5.06. The van der Waals surface area contributed by atoms with Gasteiger partial charge in [-0.05, 0) is 32.4 Å². The number of hydrogen-bond acceptors (Lipinski definition) is 3. The SMILES string of the molecule is CCOC(=O)C(C)(CCO)c1c(Cl)cccc1Cl. The lowest BCUT2D eigenvalue weighted by Crippen LogP contribution is -2.36. The summed E-state index contributed by atoms with van der Waals surface area (Å²) >= 11 is 12.2. The van der Waals surface area contributed by atoms with E-state index in [0.717, 1.165) is 0 Å². The van der Waals surface area contributed by atoms with Crippen LogP contribution < -0.4 is 0 Å². The second kappa shape index (κ2) is 6.41. The predicted octanol–water partition coefficient (Wildman–Crippen LogP) is 3.20. The number of rotatable bonds is 5. The molecule has 1 N–H and O–H groups in total. The van der Waals surface area contributed by atoms with Crippen LogP contribution in [0.2, 0.25) is 10.0 Å². The second-order valence-electron chi connectivity index (χ2n) is 4.12. The summed E-state index contributed by atoms with van der Waals surface area (Å²) in [5.41, 5.74) is -0.541. The Morgan fingerprint density at radius 2 is 1.94 bits per heavy atom. The Bertz CT molecular complexity index is 414. The third-order valence-electron chi connectivity index (χ3n) is 2.85. The minimum absolute atomic E-state index is 0.156. The first-order valence-electron chi connectivity index (χ1n) is 5.70. The maximum absolute atomic E-state index is 12.1. The summed E-state index contributed by atoms with van der Waals surface area (Å²) in [6.45, 7) is 3.51. The molecule has 18 heavy (non-hydrogen) atoms. The molecule has 0 saturated heterocycles. The molecule has 0 radical (unpaired) electrons. The van der Waals surface area contributed by atoms with Crippen molar-refractivity contribution < 1.29 is 14.6 Å². The van der Waals surface area contributed by atoms with Crippen molar-refractivity contribution >= 4 is 29.2 Å². The molecule has 1 aromatic carbocycles. The largest absolute Gasteiger partial charge is 0.465 e. The van der Waals surface area contributed by atoms with Crippen LogP contribution in [0.4, 0.5) is 0 Å². The molecule has 0 heterocycles. The van der Waals surface area contributed by atoms with E-state index < -0.39 is 11.4 Å². The van der Waals surface area contributed by atoms with E-state index in [4.69, 9.17) is 33.0 Å². The number of carbonyl (C=O) groups is 1. The molecule has 0 aliphatic heterocycles. The Balaban J connectivity index is 3.31. The number of aliphatic hydroxyl groups excluding tert-OH is 1. The van der Waals surface area contributed by atoms with E-state index >= 15 is 0 Å². The Kier molecular flexibility index (Phi) is 5.45. The topological polar surface area (TPSA) is 46.5 Å². The van der Waals surface area contributed by atoms with Gasteiger partial charge in [0.05, 0.1) is 12.0 Å². The van der Waals surface area contributed by atoms with Crippen LogP contribution in [0.15, 0.2) is 18.2 Å². The maximum Gasteiger partial charge on any atom is 0.316 e. The van der Waals surface area contributed by atoms with Crippen molar-refractivity contribution in [2.75, 3.05) is 13.2 Å². The molecule has 3 nitrogen and oxygen atoms in total. The molecular formula is C13H16Cl2O3. The first-order chi connectivity index (χ1) is 8.47. The third-order valence-corrected chi connectivity index (χ3v) is 3.48. The average Bonchev–Trinajstić information content (AvgIpc) is 2.29. The summed E-state index contributed by atoms with van der Waals surface area (Å²) in [5.74, 6) is -0.436. The number of esters is 1. The van der Waals surface area contributed by atoms with Crippen LogP contribution in [0.5, 0.6) is 0 Å². The normalized spacial score (nSPS) is 14.1. The van der Waals surface area contributed by atoms with Crippen molar-refractivity contribution in [1.29, 1.82) is 0 Å². The molecule has 0 fully saturated rings. The van der Waals surface area contributed by atoms with Gasteiger partial charge in [0.25, 0.3) is 0 Å². The molecule has 5 heteroatoms. The van der Waals surface area contributed by atoms with Gasteiger partial charge in [-0.3, -0.25) is 4.79 Å². The number of carbonyl (C=O) groups excluding carboxylic acids is 1. The van der Waals surface area contributed by atoms with Gasteiger partial charge in [-0.2, -0.15) is 0 Å². The van der Waals surface area contributed by atoms with Gasteiger partial charge >= 0.3 is 5.97 Å². The smallest absolute Gasteiger partial charge is 0.316 e. The molecule has 1 unspecified atom stereocenters. The van der Waals surface area contributed by atoms with E-state index in [2.05, 4.69) is 0 Å². The van der Waals surface area contributed by atoms with Gasteiger partial charge in [-0.1, -0.05) is 29.3 Å². The summed E-state index contributed by atoms with van der Waals surface area (Å²) in [7, 11) is 0. The first-order valence-corrected chi connectivity index (χ1v) is 6.45. The molecule has 0 bridgehead atoms. The van der Waals surface area contributed by atoms with Gasteiger partial charge in [-0.15, -0.1) is 0 Å². The quantitative estimate of drug-likeness (QED) is 0.847. The van der Waals surface area contributed by atoms with Crippen LogP contribution in [0, 0.1) is 0 Å². The number of hydrogen-bond donors (Lipinski definition) is 1. The van der Waals surface area contributed by atoms with Crippen LogP contribution >= 0.6 is 23.2 Å². The standard InChI is InChI=1S/C13H16Cl2O3/c1-3-18-12(17)13(2,7-8-16)11-9(14)5-4-6-10(11)15/h4-6,16H,3,7-8H2,1-2H3. The minimum atomic E-state index is -1.04.